The summed E-state index contributed by atoms with van der Waals surface area (Å²) in [6.07, 6.45) is 1.81. The van der Waals surface area contributed by atoms with Gasteiger partial charge in [-0.1, -0.05) is 66.4 Å². The van der Waals surface area contributed by atoms with Crippen molar-refractivity contribution in [2.45, 2.75) is 13.0 Å². The van der Waals surface area contributed by atoms with Gasteiger partial charge in [0, 0.05) is 18.7 Å². The van der Waals surface area contributed by atoms with E-state index in [1.807, 2.05) is 54.6 Å². The Morgan fingerprint density at radius 3 is 2.50 bits per heavy atom. The van der Waals surface area contributed by atoms with Crippen LogP contribution in [0.25, 0.3) is 6.08 Å². The van der Waals surface area contributed by atoms with Crippen molar-refractivity contribution in [1.29, 1.82) is 0 Å². The van der Waals surface area contributed by atoms with Gasteiger partial charge >= 0.3 is 5.97 Å². The molecule has 36 heavy (non-hydrogen) atoms. The summed E-state index contributed by atoms with van der Waals surface area (Å²) in [5.41, 5.74) is 2.48. The zero-order valence-electron chi connectivity index (χ0n) is 19.0. The smallest absolute Gasteiger partial charge is 0.335 e. The van der Waals surface area contributed by atoms with Gasteiger partial charge in [-0.25, -0.2) is 4.79 Å². The Labute approximate surface area is 217 Å². The summed E-state index contributed by atoms with van der Waals surface area (Å²) in [6, 6.07) is 23.2. The van der Waals surface area contributed by atoms with Crippen molar-refractivity contribution in [3.63, 3.8) is 0 Å². The first-order chi connectivity index (χ1) is 17.4. The summed E-state index contributed by atoms with van der Waals surface area (Å²) < 4.78 is 6.26. The first kappa shape index (κ1) is 25.2. The predicted octanol–water partition coefficient (Wildman–Crippen LogP) is 5.19. The molecule has 0 spiro atoms. The fourth-order valence-corrected chi connectivity index (χ4v) is 4.72. The number of carbonyl (C=O) groups is 3. The largest absolute Gasteiger partial charge is 0.489 e. The van der Waals surface area contributed by atoms with Gasteiger partial charge in [-0.05, 0) is 53.6 Å². The van der Waals surface area contributed by atoms with Crippen molar-refractivity contribution >= 4 is 57.8 Å². The van der Waals surface area contributed by atoms with Gasteiger partial charge in [-0.2, -0.15) is 0 Å². The SMILES string of the molecule is O=C(CCN1C(=O)/C(=C/c2cccc(OCc3ccccc3)c2)SC1=S)Nc1ccc(C(=O)O)cc1. The third-order valence-corrected chi connectivity index (χ3v) is 6.63. The normalized spacial score (nSPS) is 14.2. The van der Waals surface area contributed by atoms with Crippen LogP contribution in [-0.2, 0) is 16.2 Å². The summed E-state index contributed by atoms with van der Waals surface area (Å²) >= 11 is 6.56. The number of benzene rings is 3. The van der Waals surface area contributed by atoms with Crippen molar-refractivity contribution < 1.29 is 24.2 Å². The average molecular weight is 519 g/mol. The van der Waals surface area contributed by atoms with Crippen LogP contribution in [0.4, 0.5) is 5.69 Å². The minimum atomic E-state index is -1.04. The van der Waals surface area contributed by atoms with Crippen molar-refractivity contribution in [3.8, 4) is 5.75 Å². The lowest BCUT2D eigenvalue weighted by Crippen LogP contribution is -2.31. The van der Waals surface area contributed by atoms with E-state index in [2.05, 4.69) is 5.32 Å². The van der Waals surface area contributed by atoms with Crippen LogP contribution >= 0.6 is 24.0 Å². The Morgan fingerprint density at radius 1 is 1.03 bits per heavy atom. The van der Waals surface area contributed by atoms with Crippen LogP contribution in [0.15, 0.2) is 83.8 Å². The minimum Gasteiger partial charge on any atom is -0.489 e. The second-order valence-corrected chi connectivity index (χ2v) is 9.54. The molecule has 1 aliphatic heterocycles. The Bertz CT molecular complexity index is 1320. The van der Waals surface area contributed by atoms with Crippen molar-refractivity contribution in [3.05, 3.63) is 100 Å². The van der Waals surface area contributed by atoms with Gasteiger partial charge in [0.25, 0.3) is 5.91 Å². The molecular weight excluding hydrogens is 496 g/mol. The molecule has 7 nitrogen and oxygen atoms in total. The predicted molar refractivity (Wildman–Crippen MR) is 144 cm³/mol. The van der Waals surface area contributed by atoms with E-state index in [0.29, 0.717) is 27.3 Å². The molecule has 0 aliphatic carbocycles. The van der Waals surface area contributed by atoms with Crippen LogP contribution < -0.4 is 10.1 Å². The molecule has 1 aliphatic rings. The zero-order chi connectivity index (χ0) is 25.5. The van der Waals surface area contributed by atoms with Gasteiger partial charge in [-0.15, -0.1) is 0 Å². The quantitative estimate of drug-likeness (QED) is 0.297. The average Bonchev–Trinajstić information content (AvgIpc) is 3.14. The molecule has 0 atom stereocenters. The first-order valence-electron chi connectivity index (χ1n) is 11.0. The molecule has 2 amide bonds. The van der Waals surface area contributed by atoms with Gasteiger partial charge in [0.15, 0.2) is 0 Å². The molecule has 0 saturated carbocycles. The van der Waals surface area contributed by atoms with E-state index >= 15 is 0 Å². The molecule has 1 fully saturated rings. The maximum absolute atomic E-state index is 12.9. The van der Waals surface area contributed by atoms with E-state index in [1.165, 1.54) is 40.9 Å². The highest BCUT2D eigenvalue weighted by atomic mass is 32.2. The molecule has 0 unspecified atom stereocenters. The van der Waals surface area contributed by atoms with Crippen molar-refractivity contribution in [2.24, 2.45) is 0 Å². The number of rotatable bonds is 9. The Kier molecular flexibility index (Phi) is 8.14. The number of carboxylic acids is 1. The van der Waals surface area contributed by atoms with Gasteiger partial charge in [0.2, 0.25) is 5.91 Å². The number of thioether (sulfide) groups is 1. The maximum atomic E-state index is 12.9. The minimum absolute atomic E-state index is 0.0449. The molecule has 1 saturated heterocycles. The number of thiocarbonyl (C=S) groups is 1. The Balaban J connectivity index is 1.33. The number of aromatic carboxylic acids is 1. The van der Waals surface area contributed by atoms with E-state index in [-0.39, 0.29) is 30.3 Å². The number of ether oxygens (including phenoxy) is 1. The number of amides is 2. The lowest BCUT2D eigenvalue weighted by molar-refractivity contribution is -0.122. The lowest BCUT2D eigenvalue weighted by Gasteiger charge is -2.14. The topological polar surface area (TPSA) is 95.9 Å². The fraction of sp³-hybridized carbons (Fsp3) is 0.111. The lowest BCUT2D eigenvalue weighted by atomic mass is 10.2. The highest BCUT2D eigenvalue weighted by Crippen LogP contribution is 2.33. The monoisotopic (exact) mass is 518 g/mol. The van der Waals surface area contributed by atoms with Gasteiger partial charge in [-0.3, -0.25) is 14.5 Å². The molecule has 9 heteroatoms. The number of anilines is 1. The molecule has 1 heterocycles. The first-order valence-corrected chi connectivity index (χ1v) is 12.3. The van der Waals surface area contributed by atoms with E-state index in [1.54, 1.807) is 6.08 Å². The number of nitrogens with one attached hydrogen (secondary N) is 1. The number of nitrogens with zero attached hydrogens (tertiary/aromatic N) is 1. The summed E-state index contributed by atoms with van der Waals surface area (Å²) in [5.74, 6) is -0.906. The van der Waals surface area contributed by atoms with Gasteiger partial charge < -0.3 is 15.2 Å². The standard InChI is InChI=1S/C27H22N2O5S2/c30-24(28-21-11-9-20(10-12-21)26(32)33)13-14-29-25(31)23(36-27(29)35)16-19-7-4-8-22(15-19)34-17-18-5-2-1-3-6-18/h1-12,15-16H,13-14,17H2,(H,28,30)(H,32,33)/b23-16-. The summed E-state index contributed by atoms with van der Waals surface area (Å²) in [5, 5.41) is 11.7. The molecule has 3 aromatic carbocycles. The Hall–Kier alpha value is -3.95. The van der Waals surface area contributed by atoms with Gasteiger partial charge in [0.05, 0.1) is 10.5 Å². The van der Waals surface area contributed by atoms with Crippen molar-refractivity contribution in [2.75, 3.05) is 11.9 Å². The fourth-order valence-electron chi connectivity index (χ4n) is 3.41. The second kappa shape index (κ2) is 11.7. The van der Waals surface area contributed by atoms with E-state index in [0.717, 1.165) is 11.1 Å². The zero-order valence-corrected chi connectivity index (χ0v) is 20.7. The highest BCUT2D eigenvalue weighted by molar-refractivity contribution is 8.26. The third kappa shape index (κ3) is 6.59. The molecule has 4 rings (SSSR count). The molecular formula is C27H22N2O5S2. The molecule has 3 aromatic rings. The number of hydrogen-bond donors (Lipinski definition) is 2. The molecule has 0 bridgehead atoms. The van der Waals surface area contributed by atoms with Crippen LogP contribution in [-0.4, -0.2) is 38.7 Å². The van der Waals surface area contributed by atoms with Crippen LogP contribution in [0.3, 0.4) is 0 Å². The van der Waals surface area contributed by atoms with E-state index < -0.39 is 5.97 Å². The van der Waals surface area contributed by atoms with Crippen molar-refractivity contribution in [1.82, 2.24) is 4.90 Å². The van der Waals surface area contributed by atoms with Crippen LogP contribution in [0, 0.1) is 0 Å². The maximum Gasteiger partial charge on any atom is 0.335 e. The Morgan fingerprint density at radius 2 is 1.78 bits per heavy atom. The molecule has 2 N–H and O–H groups in total. The van der Waals surface area contributed by atoms with Crippen LogP contribution in [0.5, 0.6) is 5.75 Å². The summed E-state index contributed by atoms with van der Waals surface area (Å²) in [4.78, 5) is 38.1. The van der Waals surface area contributed by atoms with E-state index in [9.17, 15) is 14.4 Å². The van der Waals surface area contributed by atoms with Crippen LogP contribution in [0.1, 0.15) is 27.9 Å². The van der Waals surface area contributed by atoms with E-state index in [4.69, 9.17) is 22.1 Å². The summed E-state index contributed by atoms with van der Waals surface area (Å²) in [6.45, 7) is 0.583. The molecule has 0 aromatic heterocycles. The number of carbonyl (C=O) groups excluding carboxylic acids is 2. The van der Waals surface area contributed by atoms with Crippen LogP contribution in [0.2, 0.25) is 0 Å². The number of carboxylic acid groups (broad SMARTS) is 1. The second-order valence-electron chi connectivity index (χ2n) is 7.86. The number of hydrogen-bond acceptors (Lipinski definition) is 6. The van der Waals surface area contributed by atoms with Gasteiger partial charge in [0.1, 0.15) is 16.7 Å². The molecule has 182 valence electrons. The highest BCUT2D eigenvalue weighted by Gasteiger charge is 2.32. The third-order valence-electron chi connectivity index (χ3n) is 5.26. The molecule has 0 radical (unpaired) electrons. The summed E-state index contributed by atoms with van der Waals surface area (Å²) in [7, 11) is 0.